The lowest BCUT2D eigenvalue weighted by Crippen LogP contribution is -2.62. The van der Waals surface area contributed by atoms with Crippen molar-refractivity contribution < 1.29 is 49.0 Å². The number of benzene rings is 6. The van der Waals surface area contributed by atoms with Crippen LogP contribution in [0.5, 0.6) is 28.7 Å². The number of aromatic hydroxyl groups is 3. The van der Waals surface area contributed by atoms with E-state index in [1.807, 2.05) is 48.5 Å². The van der Waals surface area contributed by atoms with Gasteiger partial charge in [-0.1, -0.05) is 119 Å². The highest BCUT2D eigenvalue weighted by molar-refractivity contribution is 8.76. The predicted molar refractivity (Wildman–Crippen MR) is 334 cm³/mol. The van der Waals surface area contributed by atoms with Crippen LogP contribution >= 0.6 is 21.6 Å². The van der Waals surface area contributed by atoms with Crippen molar-refractivity contribution in [2.45, 2.75) is 126 Å². The Morgan fingerprint density at radius 2 is 1.69 bits per heavy atom. The number of hydrogen-bond donors (Lipinski definition) is 5. The van der Waals surface area contributed by atoms with Crippen LogP contribution in [0.2, 0.25) is 0 Å². The number of ether oxygens (including phenoxy) is 4. The van der Waals surface area contributed by atoms with E-state index < -0.39 is 41.0 Å². The first-order chi connectivity index (χ1) is 41.3. The standard InChI is InChI=1S/C72H75NO10S2/c1-42(74)82-65-33-53-32-58-56-35-67(63(77)28-49(56)26-59-62(76)36-60-57-34-64(78)66(80-2)29-50(57)27-61(65)72(60,68(58)59)20-16-43-9-4-3-5-10-43)81-21-22-84-85-40-46-23-44-15-19-70(17-6-7-18-70)41-73-39-45-11-8-12-47(24-45)55-31-52(75)25-48-13-14-51(30-54(48)55)71(37-44,38-46)69(79)83-53/h3-5,8-14,16,20,24-25,28-31,34-35,44,46,53,58-62,65,68,73,75-78H,6-7,17-18,21-23,26-27,32-33,36-41H2,1-2H3. The fraction of sp³-hybridized carbons (Fsp3) is 0.444. The third-order valence-corrected chi connectivity index (χ3v) is 23.6. The van der Waals surface area contributed by atoms with Gasteiger partial charge in [0.2, 0.25) is 0 Å². The van der Waals surface area contributed by atoms with Gasteiger partial charge in [-0.2, -0.15) is 0 Å². The van der Waals surface area contributed by atoms with E-state index in [1.54, 1.807) is 34.8 Å². The largest absolute Gasteiger partial charge is 0.508 e. The molecule has 440 valence electrons. The molecule has 0 saturated heterocycles. The van der Waals surface area contributed by atoms with Crippen LogP contribution in [-0.4, -0.2) is 82.4 Å². The molecule has 11 nitrogen and oxygen atoms in total. The Balaban J connectivity index is 0.983. The Hall–Kier alpha value is -6.56. The second kappa shape index (κ2) is 22.6. The molecule has 2 aliphatic heterocycles. The molecule has 5 N–H and O–H groups in total. The van der Waals surface area contributed by atoms with Gasteiger partial charge in [0.15, 0.2) is 23.0 Å². The van der Waals surface area contributed by atoms with Crippen LogP contribution in [0, 0.1) is 52.3 Å². The summed E-state index contributed by atoms with van der Waals surface area (Å²) in [7, 11) is 5.07. The van der Waals surface area contributed by atoms with Gasteiger partial charge >= 0.3 is 11.9 Å². The topological polar surface area (TPSA) is 164 Å². The van der Waals surface area contributed by atoms with Crippen molar-refractivity contribution >= 4 is 50.4 Å². The molecule has 0 amide bonds. The molecule has 6 aliphatic carbocycles. The molecule has 2 spiro atoms. The lowest BCUT2D eigenvalue weighted by atomic mass is 9.40. The van der Waals surface area contributed by atoms with Gasteiger partial charge in [-0.15, -0.1) is 0 Å². The number of carbonyl (C=O) groups excluding carboxylic acids is 2. The van der Waals surface area contributed by atoms with Gasteiger partial charge < -0.3 is 44.7 Å². The number of esters is 2. The monoisotopic (exact) mass is 1180 g/mol. The summed E-state index contributed by atoms with van der Waals surface area (Å²) in [4.78, 5) is 30.9. The smallest absolute Gasteiger partial charge is 0.316 e. The van der Waals surface area contributed by atoms with Crippen molar-refractivity contribution in [1.82, 2.24) is 5.32 Å². The first-order valence-corrected chi connectivity index (χ1v) is 33.3. The molecule has 6 aromatic rings. The Bertz CT molecular complexity index is 3680. The maximum atomic E-state index is 16.9. The lowest BCUT2D eigenvalue weighted by Gasteiger charge is -2.64. The van der Waals surface area contributed by atoms with E-state index in [0.29, 0.717) is 68.9 Å². The number of rotatable bonds is 4. The van der Waals surface area contributed by atoms with E-state index in [-0.39, 0.29) is 70.6 Å². The molecule has 12 atom stereocenters. The summed E-state index contributed by atoms with van der Waals surface area (Å²) in [5, 5.41) is 53.5. The molecule has 11 bridgehead atoms. The van der Waals surface area contributed by atoms with Gasteiger partial charge in [0, 0.05) is 60.6 Å². The summed E-state index contributed by atoms with van der Waals surface area (Å²) in [6.07, 6.45) is 10.0. The fourth-order valence-electron chi connectivity index (χ4n) is 17.6. The highest BCUT2D eigenvalue weighted by Gasteiger charge is 2.66. The maximum Gasteiger partial charge on any atom is 0.316 e. The van der Waals surface area contributed by atoms with E-state index in [4.69, 9.17) is 18.9 Å². The number of aliphatic hydroxyl groups is 1. The number of phenols is 3. The van der Waals surface area contributed by atoms with Crippen LogP contribution in [0.25, 0.3) is 28.0 Å². The Kier molecular flexibility index (Phi) is 15.0. The molecule has 13 heteroatoms. The molecule has 0 aromatic heterocycles. The third-order valence-electron chi connectivity index (χ3n) is 21.1. The first-order valence-electron chi connectivity index (χ1n) is 30.8. The summed E-state index contributed by atoms with van der Waals surface area (Å²) in [5.74, 6) is 7.65. The van der Waals surface area contributed by atoms with Crippen LogP contribution in [0.4, 0.5) is 0 Å². The van der Waals surface area contributed by atoms with Crippen LogP contribution in [0.1, 0.15) is 122 Å². The zero-order valence-corrected chi connectivity index (χ0v) is 50.0. The lowest BCUT2D eigenvalue weighted by molar-refractivity contribution is -0.179. The molecular formula is C72H75NO10S2. The predicted octanol–water partition coefficient (Wildman–Crippen LogP) is 13.4. The number of methoxy groups -OCH3 is 1. The molecule has 6 aromatic carbocycles. The van der Waals surface area contributed by atoms with E-state index in [2.05, 4.69) is 83.9 Å². The van der Waals surface area contributed by atoms with Crippen LogP contribution < -0.4 is 14.8 Å². The average Bonchev–Trinajstić information content (AvgIpc) is 1.01. The number of carbonyl (C=O) groups is 2. The molecule has 0 radical (unpaired) electrons. The van der Waals surface area contributed by atoms with E-state index in [9.17, 15) is 25.2 Å². The van der Waals surface area contributed by atoms with Crippen molar-refractivity contribution in [3.63, 3.8) is 0 Å². The van der Waals surface area contributed by atoms with Crippen molar-refractivity contribution in [1.29, 1.82) is 0 Å². The molecule has 2 heterocycles. The van der Waals surface area contributed by atoms with Crippen LogP contribution in [0.15, 0.2) is 115 Å². The van der Waals surface area contributed by atoms with Gasteiger partial charge in [-0.25, -0.2) is 0 Å². The molecule has 12 unspecified atom stereocenters. The second-order valence-electron chi connectivity index (χ2n) is 26.0. The number of aliphatic hydroxyl groups excluding tert-OH is 1. The second-order valence-corrected chi connectivity index (χ2v) is 28.7. The molecule has 85 heavy (non-hydrogen) atoms. The summed E-state index contributed by atoms with van der Waals surface area (Å²) >= 11 is 0. The quantitative estimate of drug-likeness (QED) is 0.0644. The van der Waals surface area contributed by atoms with Crippen LogP contribution in [-0.2, 0) is 43.9 Å². The number of allylic oxidation sites excluding steroid dienone is 1. The summed E-state index contributed by atoms with van der Waals surface area (Å²) < 4.78 is 26.6. The molecular weight excluding hydrogens is 1100 g/mol. The Labute approximate surface area is 506 Å². The first kappa shape index (κ1) is 56.3. The SMILES string of the molecule is COc1cc2c(cc1O)C1CC(O)C3Cc4cc(O)c5cc4C4CC(CC(OC(C)=O)C(C2)C1(C=Cc1ccccc1)C43)OC(=O)C12CC(C#CC3(CCCC3)CNCc3cccc(c3)-c3cc(O)cc4ccc1cc34)CC(CSSCCO5)C2. The molecule has 14 rings (SSSR count). The average molecular weight is 1180 g/mol. The Morgan fingerprint density at radius 3 is 2.53 bits per heavy atom. The number of phenolic OH excluding ortho intramolecular Hbond substituents is 3. The molecule has 4 fully saturated rings. The number of hydrogen-bond acceptors (Lipinski definition) is 13. The molecule has 4 saturated carbocycles. The summed E-state index contributed by atoms with van der Waals surface area (Å²) in [6, 6.07) is 36.3. The summed E-state index contributed by atoms with van der Waals surface area (Å²) in [6.45, 7) is 3.27. The number of fused-ring (bicyclic) bond motifs is 10. The van der Waals surface area contributed by atoms with E-state index >= 15 is 4.79 Å². The Morgan fingerprint density at radius 1 is 0.847 bits per heavy atom. The van der Waals surface area contributed by atoms with Gasteiger partial charge in [0.1, 0.15) is 18.0 Å². The van der Waals surface area contributed by atoms with Gasteiger partial charge in [-0.05, 0) is 197 Å². The normalized spacial score (nSPS) is 31.1. The molecule has 8 aliphatic rings. The van der Waals surface area contributed by atoms with Gasteiger partial charge in [0.05, 0.1) is 25.2 Å². The zero-order valence-electron chi connectivity index (χ0n) is 48.4. The van der Waals surface area contributed by atoms with Crippen molar-refractivity contribution in [2.24, 2.45) is 40.4 Å². The zero-order chi connectivity index (χ0) is 58.2. The van der Waals surface area contributed by atoms with Crippen LogP contribution in [0.3, 0.4) is 0 Å². The minimum absolute atomic E-state index is 0.0162. The minimum atomic E-state index is -1.17. The van der Waals surface area contributed by atoms with Crippen molar-refractivity contribution in [3.05, 3.63) is 154 Å². The van der Waals surface area contributed by atoms with Gasteiger partial charge in [-0.3, -0.25) is 9.59 Å². The highest BCUT2D eigenvalue weighted by Crippen LogP contribution is 2.70. The van der Waals surface area contributed by atoms with Crippen molar-refractivity contribution in [3.8, 4) is 51.7 Å². The number of nitrogens with one attached hydrogen (secondary N) is 1. The fourth-order valence-corrected chi connectivity index (χ4v) is 19.9. The van der Waals surface area contributed by atoms with E-state index in [0.717, 1.165) is 105 Å². The minimum Gasteiger partial charge on any atom is -0.508 e. The van der Waals surface area contributed by atoms with E-state index in [1.165, 1.54) is 6.92 Å². The highest BCUT2D eigenvalue weighted by atomic mass is 33.1. The maximum absolute atomic E-state index is 16.9. The van der Waals surface area contributed by atoms with Crippen molar-refractivity contribution in [2.75, 3.05) is 31.8 Å². The third kappa shape index (κ3) is 10.2. The van der Waals surface area contributed by atoms with Gasteiger partial charge in [0.25, 0.3) is 0 Å². The summed E-state index contributed by atoms with van der Waals surface area (Å²) in [5.41, 5.74) is 6.44.